The van der Waals surface area contributed by atoms with Crippen molar-refractivity contribution >= 4 is 0 Å². The first-order valence-corrected chi connectivity index (χ1v) is 7.38. The minimum Gasteiger partial charge on any atom is -0.367 e. The van der Waals surface area contributed by atoms with Crippen molar-refractivity contribution in [2.45, 2.75) is 53.9 Å². The Labute approximate surface area is 122 Å². The molecule has 0 aromatic carbocycles. The highest BCUT2D eigenvalue weighted by atomic mass is 14.9. The molecule has 0 unspecified atom stereocenters. The van der Waals surface area contributed by atoms with Crippen LogP contribution in [0.2, 0.25) is 0 Å². The Morgan fingerprint density at radius 1 is 1.00 bits per heavy atom. The molecule has 0 amide bonds. The van der Waals surface area contributed by atoms with Crippen LogP contribution in [-0.4, -0.2) is 15.0 Å². The highest BCUT2D eigenvalue weighted by Crippen LogP contribution is 2.26. The Morgan fingerprint density at radius 2 is 1.75 bits per heavy atom. The molecule has 2 aromatic heterocycles. The second-order valence-electron chi connectivity index (χ2n) is 7.81. The summed E-state index contributed by atoms with van der Waals surface area (Å²) in [6, 6.07) is 2.15. The van der Waals surface area contributed by atoms with Gasteiger partial charge in [0.25, 0.3) is 0 Å². The Bertz CT molecular complexity index is 527. The van der Waals surface area contributed by atoms with Gasteiger partial charge in [-0.1, -0.05) is 34.6 Å². The van der Waals surface area contributed by atoms with Gasteiger partial charge in [0, 0.05) is 25.0 Å². The van der Waals surface area contributed by atoms with Crippen molar-refractivity contribution in [1.29, 1.82) is 0 Å². The van der Waals surface area contributed by atoms with Gasteiger partial charge in [-0.15, -0.1) is 0 Å². The van der Waals surface area contributed by atoms with Gasteiger partial charge in [-0.2, -0.15) is 0 Å². The maximum Gasteiger partial charge on any atom is 0.106 e. The van der Waals surface area contributed by atoms with Crippen LogP contribution < -0.4 is 0 Å². The maximum atomic E-state index is 4.75. The molecule has 0 aliphatic carbocycles. The fourth-order valence-corrected chi connectivity index (χ4v) is 2.67. The van der Waals surface area contributed by atoms with E-state index < -0.39 is 0 Å². The van der Waals surface area contributed by atoms with E-state index in [4.69, 9.17) is 4.98 Å². The summed E-state index contributed by atoms with van der Waals surface area (Å²) < 4.78 is 0. The Hall–Kier alpha value is -1.51. The molecule has 0 radical (unpaired) electrons. The molecule has 110 valence electrons. The molecule has 2 heterocycles. The van der Waals surface area contributed by atoms with Crippen LogP contribution in [0, 0.1) is 10.8 Å². The van der Waals surface area contributed by atoms with Crippen molar-refractivity contribution in [3.63, 3.8) is 0 Å². The van der Waals surface area contributed by atoms with Crippen LogP contribution in [0.15, 0.2) is 24.7 Å². The fraction of sp³-hybridized carbons (Fsp3) is 0.588. The quantitative estimate of drug-likeness (QED) is 0.845. The molecule has 2 aromatic rings. The molecule has 0 bridgehead atoms. The normalized spacial score (nSPS) is 12.8. The largest absolute Gasteiger partial charge is 0.367 e. The average Bonchev–Trinajstić information content (AvgIpc) is 2.87. The van der Waals surface area contributed by atoms with E-state index in [0.717, 1.165) is 25.1 Å². The molecule has 2 rings (SSSR count). The smallest absolute Gasteiger partial charge is 0.106 e. The number of aromatic nitrogens is 3. The number of H-pyrrole nitrogens is 2. The van der Waals surface area contributed by atoms with Crippen molar-refractivity contribution in [3.05, 3.63) is 41.7 Å². The van der Waals surface area contributed by atoms with Gasteiger partial charge in [-0.05, 0) is 35.3 Å². The summed E-state index contributed by atoms with van der Waals surface area (Å²) in [5, 5.41) is 0. The molecular weight excluding hydrogens is 246 g/mol. The summed E-state index contributed by atoms with van der Waals surface area (Å²) in [7, 11) is 0. The lowest BCUT2D eigenvalue weighted by molar-refractivity contribution is 0.353. The topological polar surface area (TPSA) is 44.5 Å². The highest BCUT2D eigenvalue weighted by molar-refractivity contribution is 5.12. The second kappa shape index (κ2) is 5.47. The van der Waals surface area contributed by atoms with Crippen LogP contribution in [0.3, 0.4) is 0 Å². The van der Waals surface area contributed by atoms with E-state index in [1.54, 1.807) is 0 Å². The lowest BCUT2D eigenvalue weighted by Gasteiger charge is -2.22. The summed E-state index contributed by atoms with van der Waals surface area (Å²) in [4.78, 5) is 11.2. The number of imidazole rings is 1. The summed E-state index contributed by atoms with van der Waals surface area (Å²) in [6.45, 7) is 11.3. The van der Waals surface area contributed by atoms with E-state index in [1.807, 2.05) is 6.20 Å². The zero-order valence-corrected chi connectivity index (χ0v) is 13.4. The summed E-state index contributed by atoms with van der Waals surface area (Å²) in [5.74, 6) is 1.10. The average molecular weight is 273 g/mol. The molecule has 0 saturated carbocycles. The first-order chi connectivity index (χ1) is 9.23. The van der Waals surface area contributed by atoms with Crippen LogP contribution in [0.4, 0.5) is 0 Å². The molecule has 0 aliphatic rings. The molecular formula is C17H27N3. The third kappa shape index (κ3) is 4.55. The molecule has 0 atom stereocenters. The van der Waals surface area contributed by atoms with Gasteiger partial charge in [-0.25, -0.2) is 4.98 Å². The van der Waals surface area contributed by atoms with Crippen molar-refractivity contribution in [3.8, 4) is 0 Å². The third-order valence-electron chi connectivity index (χ3n) is 3.39. The number of aromatic amines is 2. The molecule has 0 fully saturated rings. The third-order valence-corrected chi connectivity index (χ3v) is 3.39. The predicted octanol–water partition coefficient (Wildman–Crippen LogP) is 4.14. The molecule has 3 nitrogen and oxygen atoms in total. The number of nitrogens with zero attached hydrogens (tertiary/aromatic N) is 1. The molecule has 0 spiro atoms. The number of rotatable bonds is 5. The van der Waals surface area contributed by atoms with Gasteiger partial charge in [-0.3, -0.25) is 0 Å². The van der Waals surface area contributed by atoms with Crippen molar-refractivity contribution in [1.82, 2.24) is 15.0 Å². The minimum absolute atomic E-state index is 0.207. The molecule has 20 heavy (non-hydrogen) atoms. The highest BCUT2D eigenvalue weighted by Gasteiger charge is 2.22. The first-order valence-electron chi connectivity index (χ1n) is 7.38. The predicted molar refractivity (Wildman–Crippen MR) is 83.7 cm³/mol. The number of hydrogen-bond donors (Lipinski definition) is 2. The Balaban J connectivity index is 1.98. The zero-order chi connectivity index (χ0) is 14.8. The second-order valence-corrected chi connectivity index (χ2v) is 7.81. The summed E-state index contributed by atoms with van der Waals surface area (Å²) in [5.41, 5.74) is 3.02. The first kappa shape index (κ1) is 14.9. The monoisotopic (exact) mass is 273 g/mol. The Kier molecular flexibility index (Phi) is 4.07. The van der Waals surface area contributed by atoms with Crippen LogP contribution in [0.1, 0.15) is 51.7 Å². The fourth-order valence-electron chi connectivity index (χ4n) is 2.67. The van der Waals surface area contributed by atoms with E-state index in [1.165, 1.54) is 11.3 Å². The maximum absolute atomic E-state index is 4.75. The molecule has 2 N–H and O–H groups in total. The van der Waals surface area contributed by atoms with Crippen molar-refractivity contribution in [2.75, 3.05) is 0 Å². The van der Waals surface area contributed by atoms with Crippen molar-refractivity contribution in [2.24, 2.45) is 10.8 Å². The van der Waals surface area contributed by atoms with Gasteiger partial charge >= 0.3 is 0 Å². The van der Waals surface area contributed by atoms with Gasteiger partial charge in [0.2, 0.25) is 0 Å². The van der Waals surface area contributed by atoms with E-state index in [0.29, 0.717) is 0 Å². The standard InChI is InChI=1S/C17H27N3/c1-16(2,3)9-14-12-19-15(20-14)10-17(4,5)8-13-6-7-18-11-13/h6-7,11-12,18H,8-10H2,1-5H3,(H,19,20). The number of hydrogen-bond acceptors (Lipinski definition) is 1. The minimum atomic E-state index is 0.207. The SMILES string of the molecule is CC(C)(C)Cc1c[nH]c(CC(C)(C)Cc2cc[nH]c2)n1. The van der Waals surface area contributed by atoms with Gasteiger partial charge in [0.15, 0.2) is 0 Å². The van der Waals surface area contributed by atoms with E-state index >= 15 is 0 Å². The van der Waals surface area contributed by atoms with Crippen LogP contribution in [-0.2, 0) is 19.3 Å². The van der Waals surface area contributed by atoms with Crippen LogP contribution >= 0.6 is 0 Å². The lowest BCUT2D eigenvalue weighted by Crippen LogP contribution is -2.19. The van der Waals surface area contributed by atoms with Gasteiger partial charge in [0.1, 0.15) is 5.82 Å². The summed E-state index contributed by atoms with van der Waals surface area (Å²) >= 11 is 0. The van der Waals surface area contributed by atoms with Gasteiger partial charge in [0.05, 0.1) is 5.69 Å². The van der Waals surface area contributed by atoms with E-state index in [2.05, 4.69) is 63.0 Å². The zero-order valence-electron chi connectivity index (χ0n) is 13.4. The summed E-state index contributed by atoms with van der Waals surface area (Å²) in [6.07, 6.45) is 9.18. The lowest BCUT2D eigenvalue weighted by atomic mass is 9.83. The van der Waals surface area contributed by atoms with Crippen LogP contribution in [0.5, 0.6) is 0 Å². The molecule has 3 heteroatoms. The van der Waals surface area contributed by atoms with E-state index in [9.17, 15) is 0 Å². The number of nitrogens with one attached hydrogen (secondary N) is 2. The van der Waals surface area contributed by atoms with E-state index in [-0.39, 0.29) is 10.8 Å². The van der Waals surface area contributed by atoms with Crippen LogP contribution in [0.25, 0.3) is 0 Å². The van der Waals surface area contributed by atoms with Gasteiger partial charge < -0.3 is 9.97 Å². The van der Waals surface area contributed by atoms with Crippen molar-refractivity contribution < 1.29 is 0 Å². The molecule has 0 saturated heterocycles. The Morgan fingerprint density at radius 3 is 2.35 bits per heavy atom. The molecule has 0 aliphatic heterocycles.